The van der Waals surface area contributed by atoms with Gasteiger partial charge in [-0.3, -0.25) is 4.79 Å². The van der Waals surface area contributed by atoms with Crippen LogP contribution in [0.5, 0.6) is 0 Å². The third-order valence-electron chi connectivity index (χ3n) is 0.873. The van der Waals surface area contributed by atoms with Crippen molar-refractivity contribution < 1.29 is 4.79 Å². The second-order valence-electron chi connectivity index (χ2n) is 1.90. The van der Waals surface area contributed by atoms with Crippen molar-refractivity contribution in [3.63, 3.8) is 0 Å². The van der Waals surface area contributed by atoms with Gasteiger partial charge in [-0.1, -0.05) is 0 Å². The number of aromatic nitrogens is 3. The highest BCUT2D eigenvalue weighted by atomic mass is 79.9. The predicted molar refractivity (Wildman–Crippen MR) is 38.4 cm³/mol. The van der Waals surface area contributed by atoms with Gasteiger partial charge in [0.2, 0.25) is 0 Å². The standard InChI is InChI=1S/C5H6BrN3O/c1-4(10)3-9-7-2-5(6)8-9/h2H,3H2,1H3. The Kier molecular flexibility index (Phi) is 2.16. The number of rotatable bonds is 2. The van der Waals surface area contributed by atoms with Gasteiger partial charge in [-0.05, 0) is 22.9 Å². The number of halogens is 1. The second-order valence-corrected chi connectivity index (χ2v) is 2.71. The first-order chi connectivity index (χ1) is 4.68. The molecule has 4 nitrogen and oxygen atoms in total. The largest absolute Gasteiger partial charge is 0.298 e. The molecule has 54 valence electrons. The average molecular weight is 204 g/mol. The summed E-state index contributed by atoms with van der Waals surface area (Å²) in [5.74, 6) is 0.0445. The van der Waals surface area contributed by atoms with Crippen LogP contribution in [0.4, 0.5) is 0 Å². The molecule has 0 aliphatic heterocycles. The number of Topliss-reactive ketones (excluding diaryl/α,β-unsaturated/α-hetero) is 1. The SMILES string of the molecule is CC(=O)Cn1ncc(Br)n1. The third-order valence-corrected chi connectivity index (χ3v) is 1.24. The van der Waals surface area contributed by atoms with Gasteiger partial charge in [0, 0.05) is 0 Å². The minimum Gasteiger partial charge on any atom is -0.298 e. The van der Waals surface area contributed by atoms with E-state index in [9.17, 15) is 4.79 Å². The molecule has 1 rings (SSSR count). The predicted octanol–water partition coefficient (Wildman–Crippen LogP) is 0.630. The van der Waals surface area contributed by atoms with Crippen LogP contribution in [0.1, 0.15) is 6.92 Å². The van der Waals surface area contributed by atoms with E-state index in [4.69, 9.17) is 0 Å². The topological polar surface area (TPSA) is 47.8 Å². The highest BCUT2D eigenvalue weighted by molar-refractivity contribution is 9.10. The Hall–Kier alpha value is -0.710. The van der Waals surface area contributed by atoms with Crippen LogP contribution in [0, 0.1) is 0 Å². The normalized spacial score (nSPS) is 9.80. The maximum absolute atomic E-state index is 10.5. The Morgan fingerprint density at radius 1 is 1.90 bits per heavy atom. The molecular weight excluding hydrogens is 198 g/mol. The van der Waals surface area contributed by atoms with Gasteiger partial charge in [0.25, 0.3) is 0 Å². The van der Waals surface area contributed by atoms with E-state index in [1.165, 1.54) is 11.7 Å². The van der Waals surface area contributed by atoms with Crippen LogP contribution in [-0.2, 0) is 11.3 Å². The molecule has 0 unspecified atom stereocenters. The summed E-state index contributed by atoms with van der Waals surface area (Å²) in [6.45, 7) is 1.74. The van der Waals surface area contributed by atoms with Gasteiger partial charge in [-0.2, -0.15) is 9.90 Å². The third kappa shape index (κ3) is 1.91. The van der Waals surface area contributed by atoms with E-state index in [0.717, 1.165) is 0 Å². The van der Waals surface area contributed by atoms with Crippen LogP contribution < -0.4 is 0 Å². The summed E-state index contributed by atoms with van der Waals surface area (Å²) in [7, 11) is 0. The van der Waals surface area contributed by atoms with Gasteiger partial charge in [0.15, 0.2) is 5.78 Å². The Bertz CT molecular complexity index is 245. The Balaban J connectivity index is 2.67. The fourth-order valence-electron chi connectivity index (χ4n) is 0.552. The highest BCUT2D eigenvalue weighted by Crippen LogP contribution is 2.00. The zero-order valence-corrected chi connectivity index (χ0v) is 7.00. The average Bonchev–Trinajstić information content (AvgIpc) is 2.13. The van der Waals surface area contributed by atoms with Gasteiger partial charge >= 0.3 is 0 Å². The highest BCUT2D eigenvalue weighted by Gasteiger charge is 1.98. The fourth-order valence-corrected chi connectivity index (χ4v) is 0.826. The first-order valence-corrected chi connectivity index (χ1v) is 3.53. The minimum atomic E-state index is 0.0445. The van der Waals surface area contributed by atoms with E-state index in [1.54, 1.807) is 6.20 Å². The number of ketones is 1. The molecule has 1 aromatic heterocycles. The number of hydrogen-bond acceptors (Lipinski definition) is 3. The number of carbonyl (C=O) groups is 1. The molecule has 0 aliphatic carbocycles. The minimum absolute atomic E-state index is 0.0445. The van der Waals surface area contributed by atoms with E-state index in [2.05, 4.69) is 26.1 Å². The summed E-state index contributed by atoms with van der Waals surface area (Å²) < 4.78 is 0.647. The molecule has 0 saturated carbocycles. The number of nitrogens with zero attached hydrogens (tertiary/aromatic N) is 3. The molecule has 0 aromatic carbocycles. The van der Waals surface area contributed by atoms with Gasteiger partial charge in [-0.25, -0.2) is 0 Å². The lowest BCUT2D eigenvalue weighted by Gasteiger charge is -1.90. The van der Waals surface area contributed by atoms with Crippen molar-refractivity contribution >= 4 is 21.7 Å². The Morgan fingerprint density at radius 2 is 2.60 bits per heavy atom. The zero-order valence-electron chi connectivity index (χ0n) is 5.41. The smallest absolute Gasteiger partial charge is 0.153 e. The molecule has 0 fully saturated rings. The van der Waals surface area contributed by atoms with Crippen molar-refractivity contribution in [2.45, 2.75) is 13.5 Å². The maximum atomic E-state index is 10.5. The first-order valence-electron chi connectivity index (χ1n) is 2.73. The lowest BCUT2D eigenvalue weighted by molar-refractivity contribution is -0.117. The molecule has 1 heterocycles. The van der Waals surface area contributed by atoms with Gasteiger partial charge in [0.05, 0.1) is 6.20 Å². The molecule has 10 heavy (non-hydrogen) atoms. The monoisotopic (exact) mass is 203 g/mol. The van der Waals surface area contributed by atoms with Crippen molar-refractivity contribution in [2.75, 3.05) is 0 Å². The van der Waals surface area contributed by atoms with Crippen LogP contribution in [0.25, 0.3) is 0 Å². The Morgan fingerprint density at radius 3 is 3.00 bits per heavy atom. The number of carbonyl (C=O) groups excluding carboxylic acids is 1. The molecule has 0 aliphatic rings. The molecule has 5 heteroatoms. The van der Waals surface area contributed by atoms with Crippen LogP contribution in [0.2, 0.25) is 0 Å². The molecule has 1 aromatic rings. The molecule has 0 amide bonds. The van der Waals surface area contributed by atoms with Gasteiger partial charge < -0.3 is 0 Å². The molecule has 0 saturated heterocycles. The lowest BCUT2D eigenvalue weighted by atomic mass is 10.5. The van der Waals surface area contributed by atoms with Gasteiger partial charge in [0.1, 0.15) is 11.1 Å². The summed E-state index contributed by atoms with van der Waals surface area (Å²) in [5, 5.41) is 7.65. The zero-order chi connectivity index (χ0) is 7.56. The van der Waals surface area contributed by atoms with Crippen molar-refractivity contribution in [2.24, 2.45) is 0 Å². The lowest BCUT2D eigenvalue weighted by Crippen LogP contribution is -2.08. The van der Waals surface area contributed by atoms with E-state index in [-0.39, 0.29) is 12.3 Å². The van der Waals surface area contributed by atoms with Crippen molar-refractivity contribution in [1.82, 2.24) is 15.0 Å². The summed E-state index contributed by atoms with van der Waals surface area (Å²) in [5.41, 5.74) is 0. The molecule has 0 bridgehead atoms. The maximum Gasteiger partial charge on any atom is 0.153 e. The fraction of sp³-hybridized carbons (Fsp3) is 0.400. The van der Waals surface area contributed by atoms with E-state index < -0.39 is 0 Å². The summed E-state index contributed by atoms with van der Waals surface area (Å²) in [6, 6.07) is 0. The first kappa shape index (κ1) is 7.40. The summed E-state index contributed by atoms with van der Waals surface area (Å²) >= 11 is 3.12. The van der Waals surface area contributed by atoms with Crippen molar-refractivity contribution in [1.29, 1.82) is 0 Å². The van der Waals surface area contributed by atoms with Crippen LogP contribution >= 0.6 is 15.9 Å². The molecule has 0 atom stereocenters. The van der Waals surface area contributed by atoms with Crippen LogP contribution in [0.15, 0.2) is 10.8 Å². The van der Waals surface area contributed by atoms with Gasteiger partial charge in [-0.15, -0.1) is 5.10 Å². The molecule has 0 N–H and O–H groups in total. The Labute approximate surface area is 66.4 Å². The summed E-state index contributed by atoms with van der Waals surface area (Å²) in [6.07, 6.45) is 1.54. The quantitative estimate of drug-likeness (QED) is 0.709. The van der Waals surface area contributed by atoms with E-state index in [1.807, 2.05) is 0 Å². The second kappa shape index (κ2) is 2.92. The van der Waals surface area contributed by atoms with E-state index >= 15 is 0 Å². The van der Waals surface area contributed by atoms with Crippen LogP contribution in [0.3, 0.4) is 0 Å². The van der Waals surface area contributed by atoms with Crippen LogP contribution in [-0.4, -0.2) is 20.8 Å². The summed E-state index contributed by atoms with van der Waals surface area (Å²) in [4.78, 5) is 11.8. The number of hydrogen-bond donors (Lipinski definition) is 0. The van der Waals surface area contributed by atoms with Crippen molar-refractivity contribution in [3.05, 3.63) is 10.8 Å². The molecular formula is C5H6BrN3O. The van der Waals surface area contributed by atoms with Crippen molar-refractivity contribution in [3.8, 4) is 0 Å². The molecule has 0 spiro atoms. The molecule has 0 radical (unpaired) electrons. The van der Waals surface area contributed by atoms with E-state index in [0.29, 0.717) is 4.60 Å².